The van der Waals surface area contributed by atoms with Gasteiger partial charge in [-0.1, -0.05) is 0 Å². The molecule has 4 atom stereocenters. The van der Waals surface area contributed by atoms with Crippen LogP contribution in [0.1, 0.15) is 16.6 Å². The summed E-state index contributed by atoms with van der Waals surface area (Å²) in [4.78, 5) is 35.1. The van der Waals surface area contributed by atoms with E-state index in [0.29, 0.717) is 0 Å². The number of amides is 1. The lowest BCUT2D eigenvalue weighted by atomic mass is 10.1. The SMILES string of the molecule is Nc1nc(-n2cc(C(=O)NCC(=O)O)cn2)nc2c1ncn2[C@@H]1OC(CO)[C@@H](O)C1O. The number of nitrogen functional groups attached to an aromatic ring is 1. The second-order valence-corrected chi connectivity index (χ2v) is 6.71. The van der Waals surface area contributed by atoms with Gasteiger partial charge >= 0.3 is 5.97 Å². The zero-order chi connectivity index (χ0) is 22.3. The van der Waals surface area contributed by atoms with Crippen molar-refractivity contribution in [2.75, 3.05) is 18.9 Å². The second kappa shape index (κ2) is 7.88. The smallest absolute Gasteiger partial charge is 0.322 e. The van der Waals surface area contributed by atoms with Gasteiger partial charge in [-0.2, -0.15) is 15.1 Å². The lowest BCUT2D eigenvalue weighted by Gasteiger charge is -2.16. The maximum Gasteiger partial charge on any atom is 0.322 e. The Kier molecular flexibility index (Phi) is 5.24. The van der Waals surface area contributed by atoms with Crippen molar-refractivity contribution in [1.82, 2.24) is 34.6 Å². The Morgan fingerprint density at radius 3 is 2.71 bits per heavy atom. The van der Waals surface area contributed by atoms with Crippen molar-refractivity contribution in [2.45, 2.75) is 24.5 Å². The Hall–Kier alpha value is -3.66. The highest BCUT2D eigenvalue weighted by Gasteiger charge is 2.44. The van der Waals surface area contributed by atoms with E-state index in [9.17, 15) is 24.9 Å². The van der Waals surface area contributed by atoms with Crippen molar-refractivity contribution < 1.29 is 34.8 Å². The third-order valence-corrected chi connectivity index (χ3v) is 4.68. The zero-order valence-corrected chi connectivity index (χ0v) is 15.7. The molecule has 0 saturated carbocycles. The van der Waals surface area contributed by atoms with Gasteiger partial charge in [-0.25, -0.2) is 9.67 Å². The van der Waals surface area contributed by atoms with Crippen molar-refractivity contribution in [3.8, 4) is 5.95 Å². The van der Waals surface area contributed by atoms with Gasteiger partial charge in [0.2, 0.25) is 0 Å². The van der Waals surface area contributed by atoms with Crippen molar-refractivity contribution in [1.29, 1.82) is 0 Å². The molecule has 1 amide bonds. The van der Waals surface area contributed by atoms with Gasteiger partial charge in [0.1, 0.15) is 30.4 Å². The Morgan fingerprint density at radius 1 is 1.26 bits per heavy atom. The molecule has 4 heterocycles. The van der Waals surface area contributed by atoms with Gasteiger partial charge in [0.15, 0.2) is 17.7 Å². The predicted octanol–water partition coefficient (Wildman–Crippen LogP) is -2.98. The average Bonchev–Trinajstić information content (AvgIpc) is 3.45. The summed E-state index contributed by atoms with van der Waals surface area (Å²) in [6.45, 7) is -1.05. The molecule has 1 saturated heterocycles. The van der Waals surface area contributed by atoms with Gasteiger partial charge in [-0.05, 0) is 0 Å². The van der Waals surface area contributed by atoms with E-state index in [4.69, 9.17) is 15.6 Å². The first-order chi connectivity index (χ1) is 14.8. The fourth-order valence-corrected chi connectivity index (χ4v) is 3.13. The molecule has 0 bridgehead atoms. The van der Waals surface area contributed by atoms with Crippen LogP contribution in [0.3, 0.4) is 0 Å². The minimum Gasteiger partial charge on any atom is -0.480 e. The fourth-order valence-electron chi connectivity index (χ4n) is 3.13. The number of hydrogen-bond acceptors (Lipinski definition) is 11. The first-order valence-electron chi connectivity index (χ1n) is 8.97. The number of ether oxygens (including phenoxy) is 1. The van der Waals surface area contributed by atoms with Gasteiger partial charge in [-0.15, -0.1) is 0 Å². The number of aliphatic carboxylic acids is 1. The largest absolute Gasteiger partial charge is 0.480 e. The zero-order valence-electron chi connectivity index (χ0n) is 15.7. The van der Waals surface area contributed by atoms with Crippen LogP contribution in [-0.4, -0.2) is 93.1 Å². The molecule has 1 aliphatic rings. The van der Waals surface area contributed by atoms with Gasteiger partial charge < -0.3 is 36.2 Å². The number of imidazole rings is 1. The minimum absolute atomic E-state index is 0.0159. The topological polar surface area (TPSA) is 224 Å². The molecule has 15 heteroatoms. The Labute approximate surface area is 172 Å². The Balaban J connectivity index is 1.68. The summed E-state index contributed by atoms with van der Waals surface area (Å²) in [6, 6.07) is 0. The molecule has 3 aromatic rings. The van der Waals surface area contributed by atoms with Gasteiger partial charge in [0.05, 0.1) is 24.7 Å². The average molecular weight is 434 g/mol. The summed E-state index contributed by atoms with van der Waals surface area (Å²) in [6.07, 6.45) is -0.973. The Bertz CT molecular complexity index is 1140. The maximum atomic E-state index is 12.0. The van der Waals surface area contributed by atoms with Crippen LogP contribution in [0, 0.1) is 0 Å². The highest BCUT2D eigenvalue weighted by molar-refractivity contribution is 5.95. The van der Waals surface area contributed by atoms with E-state index in [1.807, 2.05) is 0 Å². The third-order valence-electron chi connectivity index (χ3n) is 4.68. The first kappa shape index (κ1) is 20.6. The summed E-state index contributed by atoms with van der Waals surface area (Å²) in [5.41, 5.74) is 6.39. The van der Waals surface area contributed by atoms with Crippen molar-refractivity contribution >= 4 is 28.9 Å². The molecule has 0 spiro atoms. The van der Waals surface area contributed by atoms with Crippen molar-refractivity contribution in [3.05, 3.63) is 24.3 Å². The highest BCUT2D eigenvalue weighted by Crippen LogP contribution is 2.32. The number of nitrogens with zero attached hydrogens (tertiary/aromatic N) is 6. The number of aliphatic hydroxyl groups excluding tert-OH is 3. The predicted molar refractivity (Wildman–Crippen MR) is 99.8 cm³/mol. The summed E-state index contributed by atoms with van der Waals surface area (Å²) in [5, 5.41) is 44.4. The molecule has 15 nitrogen and oxygen atoms in total. The summed E-state index contributed by atoms with van der Waals surface area (Å²) >= 11 is 0. The van der Waals surface area contributed by atoms with E-state index in [2.05, 4.69) is 25.4 Å². The van der Waals surface area contributed by atoms with E-state index in [1.54, 1.807) is 0 Å². The van der Waals surface area contributed by atoms with Gasteiger partial charge in [0, 0.05) is 6.20 Å². The summed E-state index contributed by atoms with van der Waals surface area (Å²) in [5.74, 6) is -1.90. The molecule has 164 valence electrons. The van der Waals surface area contributed by atoms with Gasteiger partial charge in [0.25, 0.3) is 11.9 Å². The van der Waals surface area contributed by atoms with E-state index < -0.39 is 49.6 Å². The number of aliphatic hydroxyl groups is 3. The molecular weight excluding hydrogens is 416 g/mol. The number of hydrogen-bond donors (Lipinski definition) is 6. The number of anilines is 1. The van der Waals surface area contributed by atoms with Crippen LogP contribution in [0.25, 0.3) is 17.1 Å². The lowest BCUT2D eigenvalue weighted by Crippen LogP contribution is -2.33. The van der Waals surface area contributed by atoms with Crippen LogP contribution >= 0.6 is 0 Å². The molecule has 0 aliphatic carbocycles. The van der Waals surface area contributed by atoms with E-state index in [-0.39, 0.29) is 28.5 Å². The number of carbonyl (C=O) groups is 2. The second-order valence-electron chi connectivity index (χ2n) is 6.71. The number of carboxylic acid groups (broad SMARTS) is 1. The molecule has 7 N–H and O–H groups in total. The molecule has 3 aromatic heterocycles. The molecule has 0 radical (unpaired) electrons. The highest BCUT2D eigenvalue weighted by atomic mass is 16.6. The monoisotopic (exact) mass is 434 g/mol. The fraction of sp³-hybridized carbons (Fsp3) is 0.375. The number of rotatable bonds is 6. The molecular formula is C16H18N8O7. The van der Waals surface area contributed by atoms with Crippen LogP contribution in [0.15, 0.2) is 18.7 Å². The van der Waals surface area contributed by atoms with E-state index in [0.717, 1.165) is 4.68 Å². The van der Waals surface area contributed by atoms with Crippen LogP contribution in [0.4, 0.5) is 5.82 Å². The van der Waals surface area contributed by atoms with Crippen molar-refractivity contribution in [3.63, 3.8) is 0 Å². The van der Waals surface area contributed by atoms with Crippen LogP contribution in [0.2, 0.25) is 0 Å². The number of carboxylic acids is 1. The molecule has 31 heavy (non-hydrogen) atoms. The molecule has 1 fully saturated rings. The molecule has 2 unspecified atom stereocenters. The number of aromatic nitrogens is 6. The molecule has 0 aromatic carbocycles. The van der Waals surface area contributed by atoms with Crippen LogP contribution in [0.5, 0.6) is 0 Å². The number of fused-ring (bicyclic) bond motifs is 1. The van der Waals surface area contributed by atoms with Crippen LogP contribution < -0.4 is 11.1 Å². The maximum absolute atomic E-state index is 12.0. The van der Waals surface area contributed by atoms with Crippen molar-refractivity contribution in [2.24, 2.45) is 0 Å². The molecule has 1 aliphatic heterocycles. The third kappa shape index (κ3) is 3.66. The Morgan fingerprint density at radius 2 is 2.03 bits per heavy atom. The lowest BCUT2D eigenvalue weighted by molar-refractivity contribution is -0.135. The van der Waals surface area contributed by atoms with E-state index >= 15 is 0 Å². The van der Waals surface area contributed by atoms with Gasteiger partial charge in [-0.3, -0.25) is 14.2 Å². The minimum atomic E-state index is -1.36. The normalized spacial score (nSPS) is 23.3. The standard InChI is InChI=1S/C16H18N8O7/c17-12-9-13(23(5-19-9)15-11(29)10(28)7(4-25)31-15)22-16(21-12)24-3-6(1-20-24)14(30)18-2-8(26)27/h1,3,5,7,10-11,15,25,28-29H,2,4H2,(H,18,30)(H,26,27)(H2,17,21,22)/t7?,10-,11?,15-/m1/s1. The summed E-state index contributed by atoms with van der Waals surface area (Å²) in [7, 11) is 0. The first-order valence-corrected chi connectivity index (χ1v) is 8.97. The quantitative estimate of drug-likeness (QED) is 0.229. The number of nitrogens with two attached hydrogens (primary N) is 1. The molecule has 4 rings (SSSR count). The number of nitrogens with one attached hydrogen (secondary N) is 1. The number of carbonyl (C=O) groups excluding carboxylic acids is 1. The summed E-state index contributed by atoms with van der Waals surface area (Å²) < 4.78 is 7.99. The van der Waals surface area contributed by atoms with E-state index in [1.165, 1.54) is 23.3 Å². The van der Waals surface area contributed by atoms with Crippen LogP contribution in [-0.2, 0) is 9.53 Å².